The predicted octanol–water partition coefficient (Wildman–Crippen LogP) is 5.25. The van der Waals surface area contributed by atoms with Crippen LogP contribution >= 0.6 is 0 Å². The second-order valence-corrected chi connectivity index (χ2v) is 6.82. The van der Waals surface area contributed by atoms with E-state index in [-0.39, 0.29) is 20.1 Å². The van der Waals surface area contributed by atoms with Crippen molar-refractivity contribution in [1.82, 2.24) is 19.4 Å². The summed E-state index contributed by atoms with van der Waals surface area (Å²) < 4.78 is 2.12. The van der Waals surface area contributed by atoms with Gasteiger partial charge in [-0.1, -0.05) is 30.3 Å². The standard InChI is InChI=1S/C13H11N2.C11H7N2.Ir/c1-9-10(2)15-8-7-11-5-3-4-6-12(11)13(15)14-9;1-2-8-3-4-9-5-7-13-11(9)10(8)12-6-1;/h3-5,7-8H,1-2H3;1-7H;/q2*-1;. The Kier molecular flexibility index (Phi) is 5.18. The molecule has 0 unspecified atom stereocenters. The van der Waals surface area contributed by atoms with Crippen molar-refractivity contribution in [3.05, 3.63) is 90.6 Å². The Balaban J connectivity index is 0.000000138. The summed E-state index contributed by atoms with van der Waals surface area (Å²) in [7, 11) is 0. The Labute approximate surface area is 182 Å². The molecule has 0 spiro atoms. The first-order valence-corrected chi connectivity index (χ1v) is 9.22. The Bertz CT molecular complexity index is 1450. The third-order valence-electron chi connectivity index (χ3n) is 5.14. The molecule has 0 bridgehead atoms. The molecule has 6 aromatic rings. The van der Waals surface area contributed by atoms with Crippen LogP contribution in [-0.2, 0) is 20.1 Å². The number of hydrogen-bond acceptors (Lipinski definition) is 2. The zero-order valence-corrected chi connectivity index (χ0v) is 18.4. The van der Waals surface area contributed by atoms with Crippen molar-refractivity contribution in [2.24, 2.45) is 0 Å². The van der Waals surface area contributed by atoms with Crippen molar-refractivity contribution in [3.8, 4) is 0 Å². The molecule has 0 saturated heterocycles. The molecule has 0 N–H and O–H groups in total. The minimum absolute atomic E-state index is 0. The molecule has 0 fully saturated rings. The molecular weight excluding hydrogens is 537 g/mol. The number of benzene rings is 2. The summed E-state index contributed by atoms with van der Waals surface area (Å²) in [5.74, 6) is 0. The van der Waals surface area contributed by atoms with E-state index >= 15 is 0 Å². The number of pyridine rings is 2. The van der Waals surface area contributed by atoms with Gasteiger partial charge in [-0.2, -0.15) is 6.20 Å². The fourth-order valence-electron chi connectivity index (χ4n) is 3.53. The topological polar surface area (TPSA) is 44.3 Å². The molecule has 1 radical (unpaired) electrons. The maximum absolute atomic E-state index is 4.57. The molecule has 0 saturated carbocycles. The van der Waals surface area contributed by atoms with Crippen LogP contribution in [0.25, 0.3) is 38.2 Å². The van der Waals surface area contributed by atoms with Gasteiger partial charge in [-0.25, -0.2) is 0 Å². The van der Waals surface area contributed by atoms with Crippen LogP contribution in [0, 0.1) is 19.9 Å². The first-order chi connectivity index (χ1) is 13.7. The Morgan fingerprint density at radius 1 is 0.931 bits per heavy atom. The fourth-order valence-corrected chi connectivity index (χ4v) is 3.53. The summed E-state index contributed by atoms with van der Waals surface area (Å²) in [6.45, 7) is 4.13. The zero-order valence-electron chi connectivity index (χ0n) is 16.1. The van der Waals surface area contributed by atoms with E-state index in [1.54, 1.807) is 6.20 Å². The van der Waals surface area contributed by atoms with Crippen LogP contribution in [0.1, 0.15) is 11.4 Å². The molecule has 4 aromatic heterocycles. The van der Waals surface area contributed by atoms with Gasteiger partial charge in [-0.3, -0.25) is 9.97 Å². The first-order valence-electron chi connectivity index (χ1n) is 9.22. The van der Waals surface area contributed by atoms with E-state index in [0.29, 0.717) is 0 Å². The number of rotatable bonds is 0. The third-order valence-corrected chi connectivity index (χ3v) is 5.14. The SMILES string of the molecule is Cc1nc2c3[c-]cccc3ccn2c1C.[Ir].c1cnc2c(c1)ccc1cc[n-]c12. The molecule has 0 atom stereocenters. The van der Waals surface area contributed by atoms with E-state index < -0.39 is 0 Å². The van der Waals surface area contributed by atoms with Gasteiger partial charge in [0.15, 0.2) is 0 Å². The monoisotopic (exact) mass is 555 g/mol. The van der Waals surface area contributed by atoms with Gasteiger partial charge in [0, 0.05) is 37.7 Å². The van der Waals surface area contributed by atoms with Gasteiger partial charge < -0.3 is 9.38 Å². The van der Waals surface area contributed by atoms with Crippen LogP contribution in [0.15, 0.2) is 73.2 Å². The molecule has 2 aromatic carbocycles. The van der Waals surface area contributed by atoms with E-state index in [0.717, 1.165) is 38.5 Å². The summed E-state index contributed by atoms with van der Waals surface area (Å²) in [5.41, 5.74) is 5.27. The van der Waals surface area contributed by atoms with Crippen LogP contribution in [-0.4, -0.2) is 14.4 Å². The van der Waals surface area contributed by atoms with Crippen molar-refractivity contribution in [2.75, 3.05) is 0 Å². The smallest absolute Gasteiger partial charge is 0.0609 e. The molecule has 0 amide bonds. The van der Waals surface area contributed by atoms with Crippen molar-refractivity contribution in [3.63, 3.8) is 0 Å². The number of hydrogen-bond donors (Lipinski definition) is 0. The fraction of sp³-hybridized carbons (Fsp3) is 0.0833. The maximum Gasteiger partial charge on any atom is 0.0609 e. The average Bonchev–Trinajstić information content (AvgIpc) is 3.34. The van der Waals surface area contributed by atoms with Gasteiger partial charge in [0.1, 0.15) is 0 Å². The number of aryl methyl sites for hydroxylation is 2. The maximum atomic E-state index is 4.57. The second-order valence-electron chi connectivity index (χ2n) is 6.82. The van der Waals surface area contributed by atoms with Gasteiger partial charge in [0.25, 0.3) is 0 Å². The molecular formula is C24H18IrN4-2. The van der Waals surface area contributed by atoms with E-state index in [4.69, 9.17) is 0 Å². The molecule has 6 rings (SSSR count). The second kappa shape index (κ2) is 7.78. The molecule has 5 heteroatoms. The number of nitrogens with zero attached hydrogens (tertiary/aromatic N) is 4. The van der Waals surface area contributed by atoms with E-state index in [9.17, 15) is 0 Å². The van der Waals surface area contributed by atoms with Crippen LogP contribution < -0.4 is 4.98 Å². The Morgan fingerprint density at radius 3 is 2.66 bits per heavy atom. The minimum Gasteiger partial charge on any atom is -0.662 e. The summed E-state index contributed by atoms with van der Waals surface area (Å²) in [4.78, 5) is 13.2. The van der Waals surface area contributed by atoms with E-state index in [1.807, 2.05) is 37.4 Å². The van der Waals surface area contributed by atoms with Crippen molar-refractivity contribution >= 4 is 38.2 Å². The molecule has 4 nitrogen and oxygen atoms in total. The van der Waals surface area contributed by atoms with Crippen LogP contribution in [0.2, 0.25) is 0 Å². The van der Waals surface area contributed by atoms with Crippen molar-refractivity contribution in [1.29, 1.82) is 0 Å². The summed E-state index contributed by atoms with van der Waals surface area (Å²) in [6.07, 6.45) is 5.69. The summed E-state index contributed by atoms with van der Waals surface area (Å²) >= 11 is 0. The number of aromatic nitrogens is 4. The minimum atomic E-state index is 0. The normalized spacial score (nSPS) is 10.8. The molecule has 4 heterocycles. The van der Waals surface area contributed by atoms with E-state index in [1.165, 1.54) is 11.1 Å². The number of fused-ring (bicyclic) bond motifs is 6. The van der Waals surface area contributed by atoms with Gasteiger partial charge in [0.05, 0.1) is 11.2 Å². The van der Waals surface area contributed by atoms with Gasteiger partial charge in [-0.05, 0) is 36.9 Å². The van der Waals surface area contributed by atoms with Gasteiger partial charge >= 0.3 is 0 Å². The van der Waals surface area contributed by atoms with Crippen LogP contribution in [0.3, 0.4) is 0 Å². The van der Waals surface area contributed by atoms with Crippen molar-refractivity contribution < 1.29 is 20.1 Å². The third kappa shape index (κ3) is 3.33. The predicted molar refractivity (Wildman–Crippen MR) is 114 cm³/mol. The molecule has 0 aliphatic rings. The molecule has 145 valence electrons. The first kappa shape index (κ1) is 19.3. The Hall–Kier alpha value is -3.01. The molecule has 29 heavy (non-hydrogen) atoms. The quantitative estimate of drug-likeness (QED) is 0.241. The average molecular weight is 555 g/mol. The Morgan fingerprint density at radius 2 is 1.76 bits per heavy atom. The van der Waals surface area contributed by atoms with Crippen LogP contribution in [0.5, 0.6) is 0 Å². The molecule has 0 aliphatic carbocycles. The van der Waals surface area contributed by atoms with Gasteiger partial charge in [0.2, 0.25) is 0 Å². The van der Waals surface area contributed by atoms with Crippen molar-refractivity contribution in [2.45, 2.75) is 13.8 Å². The summed E-state index contributed by atoms with van der Waals surface area (Å²) in [6, 6.07) is 21.5. The van der Waals surface area contributed by atoms with Gasteiger partial charge in [-0.15, -0.1) is 40.6 Å². The largest absolute Gasteiger partial charge is 0.662 e. The van der Waals surface area contributed by atoms with E-state index in [2.05, 4.69) is 68.9 Å². The van der Waals surface area contributed by atoms with Crippen LogP contribution in [0.4, 0.5) is 0 Å². The zero-order chi connectivity index (χ0) is 19.1. The molecule has 0 aliphatic heterocycles. The number of imidazole rings is 1. The summed E-state index contributed by atoms with van der Waals surface area (Å²) in [5, 5.41) is 4.59.